The third-order valence-electron chi connectivity index (χ3n) is 7.94. The standard InChI is InChI=1S/C38H52ClNO7PSSi/c1-36(2,3)38(40-35(41)47-37(4,5)6,25-31(48(42,43)44)27-46-50(7)8)22-13-12-17-29-20-21-33(24-34(29)39)49-32-19-14-18-30(23-32)45-26-28-15-10-9-11-16-28/h9-11,14-16,18-21,23-25H,12-13,17,22,26-27H2,1-8H3,(H,40,41)(H2,42,43,44). The number of amides is 1. The number of ether oxygens (including phenoxy) is 2. The van der Waals surface area contributed by atoms with Crippen LogP contribution in [0.1, 0.15) is 71.9 Å². The Hall–Kier alpha value is -2.56. The molecule has 8 nitrogen and oxygen atoms in total. The molecule has 3 aromatic carbocycles. The zero-order valence-electron chi connectivity index (χ0n) is 30.4. The lowest BCUT2D eigenvalue weighted by Gasteiger charge is -2.44. The Kier molecular flexibility index (Phi) is 15.3. The first-order valence-electron chi connectivity index (χ1n) is 16.7. The highest BCUT2D eigenvalue weighted by atomic mass is 35.5. The summed E-state index contributed by atoms with van der Waals surface area (Å²) in [6, 6.07) is 24.1. The average Bonchev–Trinajstić information content (AvgIpc) is 2.99. The van der Waals surface area contributed by atoms with Gasteiger partial charge in [-0.3, -0.25) is 4.57 Å². The van der Waals surface area contributed by atoms with Crippen LogP contribution in [0.2, 0.25) is 18.1 Å². The molecule has 0 heterocycles. The number of hydrogen-bond donors (Lipinski definition) is 3. The largest absolute Gasteiger partial charge is 0.489 e. The van der Waals surface area contributed by atoms with Crippen molar-refractivity contribution in [3.8, 4) is 5.75 Å². The van der Waals surface area contributed by atoms with E-state index in [2.05, 4.69) is 11.4 Å². The SMILES string of the molecule is C[Si](C)OCC(=CC(CCCCc1ccc(Sc2cccc(OCc3ccccc3)c2)cc1Cl)(NC(=O)OC(C)(C)C)C(C)(C)C)P(=O)(O)O. The Labute approximate surface area is 309 Å². The van der Waals surface area contributed by atoms with Crippen molar-refractivity contribution >= 4 is 46.1 Å². The highest BCUT2D eigenvalue weighted by molar-refractivity contribution is 7.99. The molecule has 50 heavy (non-hydrogen) atoms. The summed E-state index contributed by atoms with van der Waals surface area (Å²) in [5.41, 5.74) is -0.438. The van der Waals surface area contributed by atoms with Gasteiger partial charge in [-0.15, -0.1) is 0 Å². The van der Waals surface area contributed by atoms with Crippen LogP contribution in [-0.2, 0) is 26.8 Å². The first-order valence-corrected chi connectivity index (χ1v) is 21.9. The minimum Gasteiger partial charge on any atom is -0.489 e. The van der Waals surface area contributed by atoms with Gasteiger partial charge in [0.2, 0.25) is 9.04 Å². The number of carbonyl (C=O) groups excluding carboxylic acids is 1. The van der Waals surface area contributed by atoms with Gasteiger partial charge in [-0.05, 0) is 106 Å². The van der Waals surface area contributed by atoms with Crippen molar-refractivity contribution in [3.63, 3.8) is 0 Å². The fourth-order valence-electron chi connectivity index (χ4n) is 5.17. The molecule has 0 fully saturated rings. The van der Waals surface area contributed by atoms with Crippen LogP contribution in [0.5, 0.6) is 5.75 Å². The Morgan fingerprint density at radius 2 is 1.62 bits per heavy atom. The van der Waals surface area contributed by atoms with E-state index >= 15 is 0 Å². The highest BCUT2D eigenvalue weighted by Gasteiger charge is 2.44. The summed E-state index contributed by atoms with van der Waals surface area (Å²) in [4.78, 5) is 35.8. The molecule has 0 saturated carbocycles. The predicted octanol–water partition coefficient (Wildman–Crippen LogP) is 10.4. The maximum Gasteiger partial charge on any atom is 0.408 e. The molecule has 273 valence electrons. The van der Waals surface area contributed by atoms with Gasteiger partial charge in [0.25, 0.3) is 0 Å². The van der Waals surface area contributed by atoms with Gasteiger partial charge in [0, 0.05) is 14.8 Å². The normalized spacial score (nSPS) is 14.0. The Morgan fingerprint density at radius 1 is 0.940 bits per heavy atom. The van der Waals surface area contributed by atoms with Gasteiger partial charge in [-0.2, -0.15) is 0 Å². The van der Waals surface area contributed by atoms with Crippen LogP contribution in [0.3, 0.4) is 0 Å². The Balaban J connectivity index is 1.74. The lowest BCUT2D eigenvalue weighted by Crippen LogP contribution is -2.57. The van der Waals surface area contributed by atoms with Crippen molar-refractivity contribution in [2.75, 3.05) is 6.61 Å². The van der Waals surface area contributed by atoms with E-state index < -0.39 is 39.3 Å². The lowest BCUT2D eigenvalue weighted by molar-refractivity contribution is 0.0385. The number of benzene rings is 3. The topological polar surface area (TPSA) is 114 Å². The smallest absolute Gasteiger partial charge is 0.408 e. The molecular formula is C38H52ClNO7PSSi. The predicted molar refractivity (Wildman–Crippen MR) is 205 cm³/mol. The molecule has 1 atom stereocenters. The van der Waals surface area contributed by atoms with Crippen LogP contribution in [0, 0.1) is 5.41 Å². The van der Waals surface area contributed by atoms with Gasteiger partial charge < -0.3 is 29.0 Å². The maximum absolute atomic E-state index is 13.2. The minimum atomic E-state index is -4.69. The summed E-state index contributed by atoms with van der Waals surface area (Å²) < 4.78 is 30.0. The molecule has 1 unspecified atom stereocenters. The van der Waals surface area contributed by atoms with E-state index in [-0.39, 0.29) is 11.9 Å². The molecule has 0 aliphatic carbocycles. The number of aryl methyl sites for hydroxylation is 1. The molecule has 0 aromatic heterocycles. The summed E-state index contributed by atoms with van der Waals surface area (Å²) in [5.74, 6) is 0.797. The molecule has 1 amide bonds. The summed E-state index contributed by atoms with van der Waals surface area (Å²) in [7, 11) is -5.92. The summed E-state index contributed by atoms with van der Waals surface area (Å²) >= 11 is 8.38. The van der Waals surface area contributed by atoms with Crippen molar-refractivity contribution in [1.82, 2.24) is 5.32 Å². The fraction of sp³-hybridized carbons (Fsp3) is 0.447. The van der Waals surface area contributed by atoms with Crippen molar-refractivity contribution in [1.29, 1.82) is 0 Å². The molecule has 3 aromatic rings. The second-order valence-electron chi connectivity index (χ2n) is 14.5. The first kappa shape index (κ1) is 41.9. The van der Waals surface area contributed by atoms with E-state index in [4.69, 9.17) is 25.5 Å². The molecule has 0 saturated heterocycles. The number of alkyl carbamates (subject to hydrolysis) is 1. The van der Waals surface area contributed by atoms with Crippen molar-refractivity contribution in [2.24, 2.45) is 5.41 Å². The van der Waals surface area contributed by atoms with E-state index in [1.54, 1.807) is 32.5 Å². The van der Waals surface area contributed by atoms with E-state index in [0.29, 0.717) is 30.9 Å². The van der Waals surface area contributed by atoms with Crippen molar-refractivity contribution in [3.05, 3.63) is 100 Å². The van der Waals surface area contributed by atoms with Gasteiger partial charge in [0.05, 0.1) is 17.5 Å². The monoisotopic (exact) mass is 760 g/mol. The zero-order chi connectivity index (χ0) is 37.2. The molecule has 3 N–H and O–H groups in total. The summed E-state index contributed by atoms with van der Waals surface area (Å²) in [5, 5.41) is 3.52. The number of carbonyl (C=O) groups is 1. The van der Waals surface area contributed by atoms with Crippen LogP contribution in [0.4, 0.5) is 4.79 Å². The van der Waals surface area contributed by atoms with Gasteiger partial charge in [0.1, 0.15) is 18.0 Å². The van der Waals surface area contributed by atoms with Crippen molar-refractivity contribution < 1.29 is 33.0 Å². The Bertz CT molecular complexity index is 1640. The highest BCUT2D eigenvalue weighted by Crippen LogP contribution is 2.49. The van der Waals surface area contributed by atoms with Crippen LogP contribution < -0.4 is 10.1 Å². The molecular weight excluding hydrogens is 709 g/mol. The van der Waals surface area contributed by atoms with E-state index in [1.807, 2.05) is 101 Å². The lowest BCUT2D eigenvalue weighted by atomic mass is 9.70. The van der Waals surface area contributed by atoms with Gasteiger partial charge >= 0.3 is 13.7 Å². The average molecular weight is 761 g/mol. The molecule has 0 aliphatic rings. The number of unbranched alkanes of at least 4 members (excludes halogenated alkanes) is 1. The minimum absolute atomic E-state index is 0.154. The summed E-state index contributed by atoms with van der Waals surface area (Å²) in [6.45, 7) is 15.2. The molecule has 0 spiro atoms. The molecule has 12 heteroatoms. The molecule has 3 rings (SSSR count). The fourth-order valence-corrected chi connectivity index (χ4v) is 7.60. The van der Waals surface area contributed by atoms with E-state index in [9.17, 15) is 19.1 Å². The summed E-state index contributed by atoms with van der Waals surface area (Å²) in [6.07, 6.45) is 3.32. The third kappa shape index (κ3) is 13.9. The van der Waals surface area contributed by atoms with Crippen LogP contribution in [0.25, 0.3) is 0 Å². The molecule has 0 aliphatic heterocycles. The van der Waals surface area contributed by atoms with Gasteiger partial charge in [0.15, 0.2) is 0 Å². The van der Waals surface area contributed by atoms with Crippen LogP contribution in [-0.4, -0.2) is 42.7 Å². The van der Waals surface area contributed by atoms with E-state index in [1.165, 1.54) is 6.08 Å². The maximum atomic E-state index is 13.2. The number of halogens is 1. The van der Waals surface area contributed by atoms with Crippen molar-refractivity contribution in [2.45, 2.75) is 108 Å². The third-order valence-corrected chi connectivity index (χ3v) is 11.0. The number of hydrogen-bond acceptors (Lipinski definition) is 6. The molecule has 0 bridgehead atoms. The first-order chi connectivity index (χ1) is 23.3. The van der Waals surface area contributed by atoms with Crippen LogP contribution >= 0.6 is 31.0 Å². The Morgan fingerprint density at radius 3 is 2.22 bits per heavy atom. The molecule has 1 radical (unpaired) electrons. The number of rotatable bonds is 16. The zero-order valence-corrected chi connectivity index (χ0v) is 33.9. The number of nitrogens with one attached hydrogen (secondary N) is 1. The van der Waals surface area contributed by atoms with Gasteiger partial charge in [-0.1, -0.05) is 93.0 Å². The van der Waals surface area contributed by atoms with Crippen LogP contribution in [0.15, 0.2) is 94.0 Å². The van der Waals surface area contributed by atoms with E-state index in [0.717, 1.165) is 33.1 Å². The second kappa shape index (κ2) is 18.3. The second-order valence-corrected chi connectivity index (χ2v) is 19.9. The van der Waals surface area contributed by atoms with Gasteiger partial charge in [-0.25, -0.2) is 4.79 Å². The quantitative estimate of drug-likeness (QED) is 0.0751.